The third-order valence-corrected chi connectivity index (χ3v) is 4.20. The Morgan fingerprint density at radius 1 is 1.23 bits per heavy atom. The number of hydrogen-bond acceptors (Lipinski definition) is 8. The molecule has 2 heterocycles. The number of nitrogens with two attached hydrogens (primary N) is 1. The van der Waals surface area contributed by atoms with E-state index >= 15 is 0 Å². The number of aromatic nitrogens is 4. The molecule has 10 nitrogen and oxygen atoms in total. The van der Waals surface area contributed by atoms with E-state index < -0.39 is 4.92 Å². The van der Waals surface area contributed by atoms with Gasteiger partial charge >= 0.3 is 0 Å². The second kappa shape index (κ2) is 7.61. The number of hydrogen-bond donors (Lipinski definition) is 2. The van der Waals surface area contributed by atoms with E-state index in [1.807, 2.05) is 6.07 Å². The lowest BCUT2D eigenvalue weighted by Crippen LogP contribution is -2.16. The van der Waals surface area contributed by atoms with Gasteiger partial charge in [-0.1, -0.05) is 17.8 Å². The number of nitro benzene ring substituents is 1. The number of rotatable bonds is 6. The summed E-state index contributed by atoms with van der Waals surface area (Å²) >= 11 is 1.11. The largest absolute Gasteiger partial charge is 0.335 e. The maximum absolute atomic E-state index is 12.0. The Morgan fingerprint density at radius 2 is 2.00 bits per heavy atom. The van der Waals surface area contributed by atoms with E-state index in [9.17, 15) is 14.9 Å². The number of pyridine rings is 1. The van der Waals surface area contributed by atoms with Crippen molar-refractivity contribution in [2.75, 3.05) is 16.9 Å². The Labute approximate surface area is 151 Å². The fourth-order valence-corrected chi connectivity index (χ4v) is 2.70. The molecular weight excluding hydrogens is 358 g/mol. The van der Waals surface area contributed by atoms with Crippen LogP contribution in [-0.4, -0.2) is 36.4 Å². The zero-order valence-corrected chi connectivity index (χ0v) is 14.1. The van der Waals surface area contributed by atoms with Crippen molar-refractivity contribution in [2.24, 2.45) is 0 Å². The summed E-state index contributed by atoms with van der Waals surface area (Å²) in [5, 5.41) is 21.6. The number of nitro groups is 1. The van der Waals surface area contributed by atoms with Crippen LogP contribution in [0.15, 0.2) is 53.8 Å². The van der Waals surface area contributed by atoms with Crippen LogP contribution in [0.4, 0.5) is 11.4 Å². The van der Waals surface area contributed by atoms with Crippen LogP contribution >= 0.6 is 11.8 Å². The van der Waals surface area contributed by atoms with Gasteiger partial charge in [0.25, 0.3) is 5.69 Å². The molecule has 3 rings (SSSR count). The number of benzene rings is 1. The highest BCUT2D eigenvalue weighted by Crippen LogP contribution is 2.20. The first-order valence-electron chi connectivity index (χ1n) is 7.33. The van der Waals surface area contributed by atoms with Gasteiger partial charge in [-0.25, -0.2) is 4.68 Å². The highest BCUT2D eigenvalue weighted by Gasteiger charge is 2.14. The average molecular weight is 371 g/mol. The van der Waals surface area contributed by atoms with Gasteiger partial charge in [0, 0.05) is 24.0 Å². The number of nitrogen functional groups attached to an aromatic ring is 1. The van der Waals surface area contributed by atoms with Gasteiger partial charge in [0.05, 0.1) is 10.7 Å². The van der Waals surface area contributed by atoms with Crippen molar-refractivity contribution in [3.8, 4) is 11.5 Å². The third kappa shape index (κ3) is 3.95. The molecule has 11 heteroatoms. The van der Waals surface area contributed by atoms with Crippen LogP contribution < -0.4 is 11.2 Å². The average Bonchev–Trinajstić information content (AvgIpc) is 3.02. The molecule has 0 saturated heterocycles. The molecule has 2 aromatic heterocycles. The molecule has 1 aromatic carbocycles. The Morgan fingerprint density at radius 3 is 2.65 bits per heavy atom. The number of thioether (sulfide) groups is 1. The smallest absolute Gasteiger partial charge is 0.269 e. The minimum atomic E-state index is -0.505. The maximum Gasteiger partial charge on any atom is 0.269 e. The molecule has 0 fully saturated rings. The van der Waals surface area contributed by atoms with E-state index in [4.69, 9.17) is 5.84 Å². The Hall–Kier alpha value is -3.47. The second-order valence-electron chi connectivity index (χ2n) is 5.03. The fraction of sp³-hybridized carbons (Fsp3) is 0.0667. The molecule has 0 radical (unpaired) electrons. The lowest BCUT2D eigenvalue weighted by atomic mass is 10.3. The van der Waals surface area contributed by atoms with Crippen molar-refractivity contribution < 1.29 is 9.72 Å². The topological polar surface area (TPSA) is 142 Å². The first-order valence-corrected chi connectivity index (χ1v) is 8.32. The molecule has 26 heavy (non-hydrogen) atoms. The number of nitrogens with one attached hydrogen (secondary N) is 1. The van der Waals surface area contributed by atoms with Crippen LogP contribution in [0.3, 0.4) is 0 Å². The fourth-order valence-electron chi connectivity index (χ4n) is 2.04. The van der Waals surface area contributed by atoms with E-state index in [2.05, 4.69) is 20.5 Å². The van der Waals surface area contributed by atoms with E-state index in [0.29, 0.717) is 22.4 Å². The van der Waals surface area contributed by atoms with Gasteiger partial charge < -0.3 is 11.2 Å². The Bertz CT molecular complexity index is 928. The van der Waals surface area contributed by atoms with Crippen molar-refractivity contribution in [3.63, 3.8) is 0 Å². The summed E-state index contributed by atoms with van der Waals surface area (Å²) in [6.07, 6.45) is 1.62. The van der Waals surface area contributed by atoms with Gasteiger partial charge in [0.1, 0.15) is 5.69 Å². The molecular formula is C15H13N7O3S. The molecule has 132 valence electrons. The van der Waals surface area contributed by atoms with E-state index in [1.165, 1.54) is 28.9 Å². The molecule has 0 atom stereocenters. The van der Waals surface area contributed by atoms with Gasteiger partial charge in [-0.2, -0.15) is 0 Å². The summed E-state index contributed by atoms with van der Waals surface area (Å²) in [7, 11) is 0. The number of nitrogens with zero attached hydrogens (tertiary/aromatic N) is 5. The third-order valence-electron chi connectivity index (χ3n) is 3.25. The Kier molecular flexibility index (Phi) is 5.08. The molecule has 0 aliphatic heterocycles. The molecule has 0 unspecified atom stereocenters. The van der Waals surface area contributed by atoms with Crippen molar-refractivity contribution in [1.82, 2.24) is 19.9 Å². The van der Waals surface area contributed by atoms with Crippen LogP contribution in [0.5, 0.6) is 0 Å². The summed E-state index contributed by atoms with van der Waals surface area (Å²) in [6.45, 7) is 0. The van der Waals surface area contributed by atoms with E-state index in [-0.39, 0.29) is 17.3 Å². The maximum atomic E-state index is 12.0. The summed E-state index contributed by atoms with van der Waals surface area (Å²) in [6, 6.07) is 10.9. The summed E-state index contributed by atoms with van der Waals surface area (Å²) in [4.78, 5) is 26.3. The summed E-state index contributed by atoms with van der Waals surface area (Å²) in [5.41, 5.74) is 0.991. The number of amides is 1. The quantitative estimate of drug-likeness (QED) is 0.288. The molecule has 0 aliphatic rings. The highest BCUT2D eigenvalue weighted by atomic mass is 32.2. The van der Waals surface area contributed by atoms with Crippen LogP contribution in [-0.2, 0) is 4.79 Å². The first kappa shape index (κ1) is 17.4. The SMILES string of the molecule is Nn1c(SCC(=O)Nc2ccc([N+](=O)[O-])cc2)nnc1-c1ccccn1. The predicted molar refractivity (Wildman–Crippen MR) is 95.9 cm³/mol. The van der Waals surface area contributed by atoms with Crippen molar-refractivity contribution >= 4 is 29.0 Å². The normalized spacial score (nSPS) is 10.5. The second-order valence-corrected chi connectivity index (χ2v) is 5.97. The van der Waals surface area contributed by atoms with E-state index in [1.54, 1.807) is 18.3 Å². The monoisotopic (exact) mass is 371 g/mol. The molecule has 0 aliphatic carbocycles. The lowest BCUT2D eigenvalue weighted by Gasteiger charge is -2.05. The van der Waals surface area contributed by atoms with Crippen molar-refractivity contribution in [2.45, 2.75) is 5.16 Å². The van der Waals surface area contributed by atoms with Crippen LogP contribution in [0, 0.1) is 10.1 Å². The van der Waals surface area contributed by atoms with Crippen LogP contribution in [0.2, 0.25) is 0 Å². The zero-order valence-electron chi connectivity index (χ0n) is 13.3. The standard InChI is InChI=1S/C15H13N7O3S/c16-21-14(12-3-1-2-8-17-12)19-20-15(21)26-9-13(23)18-10-4-6-11(7-5-10)22(24)25/h1-8H,9,16H2,(H,18,23). The van der Waals surface area contributed by atoms with Gasteiger partial charge in [0.2, 0.25) is 16.9 Å². The summed E-state index contributed by atoms with van der Waals surface area (Å²) in [5.74, 6) is 6.10. The van der Waals surface area contributed by atoms with Gasteiger partial charge in [-0.3, -0.25) is 19.9 Å². The minimum Gasteiger partial charge on any atom is -0.335 e. The minimum absolute atomic E-state index is 0.0457. The van der Waals surface area contributed by atoms with Crippen LogP contribution in [0.25, 0.3) is 11.5 Å². The zero-order chi connectivity index (χ0) is 18.5. The number of anilines is 1. The number of carbonyl (C=O) groups excluding carboxylic acids is 1. The van der Waals surface area contributed by atoms with E-state index in [0.717, 1.165) is 11.8 Å². The lowest BCUT2D eigenvalue weighted by molar-refractivity contribution is -0.384. The molecule has 0 bridgehead atoms. The first-order chi connectivity index (χ1) is 12.5. The van der Waals surface area contributed by atoms with Gasteiger partial charge in [-0.15, -0.1) is 10.2 Å². The molecule has 3 N–H and O–H groups in total. The van der Waals surface area contributed by atoms with Crippen molar-refractivity contribution in [3.05, 3.63) is 58.8 Å². The van der Waals surface area contributed by atoms with Crippen molar-refractivity contribution in [1.29, 1.82) is 0 Å². The number of carbonyl (C=O) groups is 1. The summed E-state index contributed by atoms with van der Waals surface area (Å²) < 4.78 is 1.27. The molecule has 0 saturated carbocycles. The Balaban J connectivity index is 1.60. The van der Waals surface area contributed by atoms with Crippen LogP contribution in [0.1, 0.15) is 0 Å². The molecule has 0 spiro atoms. The highest BCUT2D eigenvalue weighted by molar-refractivity contribution is 7.99. The van der Waals surface area contributed by atoms with Gasteiger partial charge in [0.15, 0.2) is 0 Å². The molecule has 3 aromatic rings. The number of non-ortho nitro benzene ring substituents is 1. The van der Waals surface area contributed by atoms with Gasteiger partial charge in [-0.05, 0) is 24.3 Å². The predicted octanol–water partition coefficient (Wildman–Crippen LogP) is 1.69. The molecule has 1 amide bonds.